The van der Waals surface area contributed by atoms with E-state index in [1.807, 2.05) is 91.0 Å². The molecule has 186 valence electrons. The second-order valence-corrected chi connectivity index (χ2v) is 9.44. The van der Waals surface area contributed by atoms with Gasteiger partial charge in [-0.1, -0.05) is 78.9 Å². The van der Waals surface area contributed by atoms with Crippen LogP contribution in [0.15, 0.2) is 101 Å². The summed E-state index contributed by atoms with van der Waals surface area (Å²) >= 11 is 0. The first-order valence-electron chi connectivity index (χ1n) is 12.6. The lowest BCUT2D eigenvalue weighted by Gasteiger charge is -2.18. The Bertz CT molecular complexity index is 1780. The average molecular weight is 501 g/mol. The van der Waals surface area contributed by atoms with Gasteiger partial charge < -0.3 is 19.7 Å². The Morgan fingerprint density at radius 3 is 1.84 bits per heavy atom. The minimum absolute atomic E-state index is 0.00282. The van der Waals surface area contributed by atoms with Crippen LogP contribution in [0.4, 0.5) is 0 Å². The van der Waals surface area contributed by atoms with Crippen molar-refractivity contribution in [1.82, 2.24) is 0 Å². The molecular formula is C32H24N2O4. The highest BCUT2D eigenvalue weighted by molar-refractivity contribution is 6.16. The van der Waals surface area contributed by atoms with Crippen LogP contribution in [0.25, 0.3) is 32.7 Å². The van der Waals surface area contributed by atoms with E-state index in [4.69, 9.17) is 14.5 Å². The molecule has 5 aromatic rings. The van der Waals surface area contributed by atoms with Crippen LogP contribution in [0.2, 0.25) is 0 Å². The summed E-state index contributed by atoms with van der Waals surface area (Å²) in [6.07, 6.45) is 0. The van der Waals surface area contributed by atoms with E-state index < -0.39 is 0 Å². The number of hydrogen-bond donors (Lipinski definition) is 2. The molecule has 0 radical (unpaired) electrons. The van der Waals surface area contributed by atoms with Crippen molar-refractivity contribution < 1.29 is 19.7 Å². The van der Waals surface area contributed by atoms with E-state index in [9.17, 15) is 10.2 Å². The molecule has 0 bridgehead atoms. The molecule has 2 heterocycles. The van der Waals surface area contributed by atoms with Gasteiger partial charge in [-0.15, -0.1) is 0 Å². The van der Waals surface area contributed by atoms with Gasteiger partial charge in [0.2, 0.25) is 11.8 Å². The highest BCUT2D eigenvalue weighted by Crippen LogP contribution is 2.48. The molecule has 6 heteroatoms. The fourth-order valence-electron chi connectivity index (χ4n) is 5.37. The largest absolute Gasteiger partial charge is 0.506 e. The molecule has 6 nitrogen and oxygen atoms in total. The number of hydrogen-bond acceptors (Lipinski definition) is 6. The topological polar surface area (TPSA) is 83.6 Å². The van der Waals surface area contributed by atoms with Crippen LogP contribution in [0.5, 0.6) is 11.5 Å². The fraction of sp³-hybridized carbons (Fsp3) is 0.125. The van der Waals surface area contributed by atoms with Gasteiger partial charge in [0.15, 0.2) is 0 Å². The summed E-state index contributed by atoms with van der Waals surface area (Å²) in [4.78, 5) is 9.27. The standard InChI is InChI=1S/C32H24N2O4/c35-29-24(31-33-14-15-37-31)16-20-10-4-6-12-22(20)27(29)28-23-13-7-5-11-21(23)17-25(30(28)36)32-34-26(18-38-32)19-8-2-1-3-9-19/h1-13,16-17,26,35-36H,14-15,18H2/t26-/m0/s1. The summed E-state index contributed by atoms with van der Waals surface area (Å²) in [5.41, 5.74) is 3.08. The highest BCUT2D eigenvalue weighted by atomic mass is 16.5. The second kappa shape index (κ2) is 8.92. The summed E-state index contributed by atoms with van der Waals surface area (Å²) < 4.78 is 11.8. The van der Waals surface area contributed by atoms with Crippen molar-refractivity contribution in [3.8, 4) is 22.6 Å². The van der Waals surface area contributed by atoms with Crippen molar-refractivity contribution in [2.24, 2.45) is 9.98 Å². The Kier molecular flexibility index (Phi) is 5.25. The summed E-state index contributed by atoms with van der Waals surface area (Å²) in [7, 11) is 0. The van der Waals surface area contributed by atoms with E-state index in [0.717, 1.165) is 27.1 Å². The van der Waals surface area contributed by atoms with Gasteiger partial charge in [-0.3, -0.25) is 0 Å². The Labute approximate surface area is 219 Å². The number of nitrogens with zero attached hydrogens (tertiary/aromatic N) is 2. The van der Waals surface area contributed by atoms with E-state index in [1.54, 1.807) is 0 Å². The van der Waals surface area contributed by atoms with Crippen molar-refractivity contribution in [3.05, 3.63) is 108 Å². The molecule has 0 fully saturated rings. The number of benzene rings is 5. The lowest BCUT2D eigenvalue weighted by Crippen LogP contribution is -2.05. The van der Waals surface area contributed by atoms with E-state index in [2.05, 4.69) is 4.99 Å². The fourth-order valence-corrected chi connectivity index (χ4v) is 5.37. The van der Waals surface area contributed by atoms with Gasteiger partial charge in [0.05, 0.1) is 17.7 Å². The summed E-state index contributed by atoms with van der Waals surface area (Å²) in [5, 5.41) is 27.0. The Morgan fingerprint density at radius 1 is 0.658 bits per heavy atom. The normalized spacial score (nSPS) is 16.8. The van der Waals surface area contributed by atoms with Crippen molar-refractivity contribution in [2.45, 2.75) is 6.04 Å². The predicted octanol–water partition coefficient (Wildman–Crippen LogP) is 6.37. The minimum atomic E-state index is -0.157. The number of rotatable bonds is 4. The van der Waals surface area contributed by atoms with E-state index >= 15 is 0 Å². The third kappa shape index (κ3) is 3.57. The van der Waals surface area contributed by atoms with Gasteiger partial charge in [-0.05, 0) is 39.2 Å². The molecule has 0 aromatic heterocycles. The Hall–Kier alpha value is -4.84. The maximum absolute atomic E-state index is 11.9. The Balaban J connectivity index is 1.50. The lowest BCUT2D eigenvalue weighted by atomic mass is 9.88. The molecular weight excluding hydrogens is 476 g/mol. The predicted molar refractivity (Wildman–Crippen MR) is 149 cm³/mol. The van der Waals surface area contributed by atoms with Crippen LogP contribution in [-0.2, 0) is 9.47 Å². The van der Waals surface area contributed by atoms with E-state index in [0.29, 0.717) is 53.8 Å². The zero-order valence-electron chi connectivity index (χ0n) is 20.5. The molecule has 0 unspecified atom stereocenters. The molecule has 0 saturated carbocycles. The Morgan fingerprint density at radius 2 is 1.24 bits per heavy atom. The number of ether oxygens (including phenoxy) is 2. The second-order valence-electron chi connectivity index (χ2n) is 9.44. The number of aromatic hydroxyl groups is 2. The third-order valence-corrected chi connectivity index (χ3v) is 7.18. The molecule has 0 aliphatic carbocycles. The van der Waals surface area contributed by atoms with Gasteiger partial charge in [0.25, 0.3) is 0 Å². The van der Waals surface area contributed by atoms with Gasteiger partial charge >= 0.3 is 0 Å². The molecule has 2 aliphatic heterocycles. The third-order valence-electron chi connectivity index (χ3n) is 7.18. The first-order valence-corrected chi connectivity index (χ1v) is 12.6. The maximum atomic E-state index is 11.9. The SMILES string of the molecule is Oc1c(C2=NCCO2)cc2ccccc2c1-c1c(O)c(C2=N[C@H](c3ccccc3)CO2)cc2ccccc12. The molecule has 2 N–H and O–H groups in total. The lowest BCUT2D eigenvalue weighted by molar-refractivity contribution is 0.318. The summed E-state index contributed by atoms with van der Waals surface area (Å²) in [5.74, 6) is 0.803. The number of aliphatic imine (C=N–C) groups is 2. The molecule has 7 rings (SSSR count). The van der Waals surface area contributed by atoms with Crippen molar-refractivity contribution >= 4 is 33.3 Å². The molecule has 5 aromatic carbocycles. The zero-order chi connectivity index (χ0) is 25.6. The van der Waals surface area contributed by atoms with E-state index in [-0.39, 0.29) is 17.5 Å². The van der Waals surface area contributed by atoms with Gasteiger partial charge in [-0.2, -0.15) is 0 Å². The van der Waals surface area contributed by atoms with Crippen LogP contribution < -0.4 is 0 Å². The molecule has 0 saturated heterocycles. The molecule has 1 atom stereocenters. The smallest absolute Gasteiger partial charge is 0.220 e. The van der Waals surface area contributed by atoms with Crippen LogP contribution in [-0.4, -0.2) is 41.8 Å². The zero-order valence-corrected chi connectivity index (χ0v) is 20.5. The van der Waals surface area contributed by atoms with Crippen LogP contribution in [0, 0.1) is 0 Å². The molecule has 38 heavy (non-hydrogen) atoms. The van der Waals surface area contributed by atoms with Crippen LogP contribution in [0.3, 0.4) is 0 Å². The maximum Gasteiger partial charge on any atom is 0.220 e. The van der Waals surface area contributed by atoms with E-state index in [1.165, 1.54) is 0 Å². The number of phenols is 2. The summed E-state index contributed by atoms with van der Waals surface area (Å²) in [6.45, 7) is 1.41. The van der Waals surface area contributed by atoms with Crippen molar-refractivity contribution in [1.29, 1.82) is 0 Å². The van der Waals surface area contributed by atoms with Crippen molar-refractivity contribution in [3.63, 3.8) is 0 Å². The molecule has 2 aliphatic rings. The van der Waals surface area contributed by atoms with Crippen LogP contribution in [0.1, 0.15) is 22.7 Å². The first-order chi connectivity index (χ1) is 18.7. The average Bonchev–Trinajstić information content (AvgIpc) is 3.67. The molecule has 0 spiro atoms. The first kappa shape index (κ1) is 22.4. The van der Waals surface area contributed by atoms with Crippen LogP contribution >= 0.6 is 0 Å². The number of phenolic OH excluding ortho intramolecular Hbond substituents is 2. The van der Waals surface area contributed by atoms with Gasteiger partial charge in [0.1, 0.15) is 30.8 Å². The van der Waals surface area contributed by atoms with Crippen molar-refractivity contribution in [2.75, 3.05) is 19.8 Å². The monoisotopic (exact) mass is 500 g/mol. The highest BCUT2D eigenvalue weighted by Gasteiger charge is 2.29. The quantitative estimate of drug-likeness (QED) is 0.301. The molecule has 0 amide bonds. The van der Waals surface area contributed by atoms with Gasteiger partial charge in [-0.25, -0.2) is 9.98 Å². The summed E-state index contributed by atoms with van der Waals surface area (Å²) in [6, 6.07) is 29.2. The minimum Gasteiger partial charge on any atom is -0.506 e. The van der Waals surface area contributed by atoms with Gasteiger partial charge in [0, 0.05) is 11.1 Å². The number of fused-ring (bicyclic) bond motifs is 2.